The quantitative estimate of drug-likeness (QED) is 0.581. The van der Waals surface area contributed by atoms with E-state index in [2.05, 4.69) is 56.6 Å². The van der Waals surface area contributed by atoms with E-state index in [9.17, 15) is 4.79 Å². The van der Waals surface area contributed by atoms with Crippen LogP contribution in [0.2, 0.25) is 0 Å². The van der Waals surface area contributed by atoms with Crippen LogP contribution in [0.3, 0.4) is 0 Å². The van der Waals surface area contributed by atoms with Crippen LogP contribution >= 0.6 is 22.7 Å². The summed E-state index contributed by atoms with van der Waals surface area (Å²) >= 11 is 3.28. The minimum absolute atomic E-state index is 0.0375. The summed E-state index contributed by atoms with van der Waals surface area (Å²) in [7, 11) is 0. The molecule has 3 aromatic heterocycles. The number of fused-ring (bicyclic) bond motifs is 2. The van der Waals surface area contributed by atoms with Gasteiger partial charge in [0.2, 0.25) is 0 Å². The fourth-order valence-corrected chi connectivity index (χ4v) is 5.38. The largest absolute Gasteiger partial charge is 0.308 e. The van der Waals surface area contributed by atoms with Crippen molar-refractivity contribution in [3.05, 3.63) is 85.4 Å². The molecule has 4 nitrogen and oxygen atoms in total. The highest BCUT2D eigenvalue weighted by Gasteiger charge is 2.30. The van der Waals surface area contributed by atoms with Crippen molar-refractivity contribution in [2.45, 2.75) is 19.0 Å². The third-order valence-electron chi connectivity index (χ3n) is 4.90. The normalized spacial score (nSPS) is 17.5. The molecule has 130 valence electrons. The first-order valence-electron chi connectivity index (χ1n) is 8.61. The third-order valence-corrected chi connectivity index (χ3v) is 6.80. The number of thiophene rings is 2. The Morgan fingerprint density at radius 2 is 1.96 bits per heavy atom. The van der Waals surface area contributed by atoms with E-state index in [-0.39, 0.29) is 11.6 Å². The maximum absolute atomic E-state index is 12.3. The Morgan fingerprint density at radius 1 is 1.12 bits per heavy atom. The molecule has 26 heavy (non-hydrogen) atoms. The van der Waals surface area contributed by atoms with E-state index in [1.807, 2.05) is 22.8 Å². The molecule has 0 spiro atoms. The molecule has 0 saturated carbocycles. The van der Waals surface area contributed by atoms with Crippen molar-refractivity contribution in [2.24, 2.45) is 0 Å². The van der Waals surface area contributed by atoms with Gasteiger partial charge in [-0.05, 0) is 40.4 Å². The van der Waals surface area contributed by atoms with Crippen molar-refractivity contribution in [1.29, 1.82) is 0 Å². The Hall–Kier alpha value is -2.28. The van der Waals surface area contributed by atoms with Crippen molar-refractivity contribution >= 4 is 32.9 Å². The van der Waals surface area contributed by atoms with Gasteiger partial charge in [0, 0.05) is 11.4 Å². The first-order chi connectivity index (χ1) is 12.8. The number of rotatable bonds is 3. The summed E-state index contributed by atoms with van der Waals surface area (Å²) in [6.07, 6.45) is 1.04. The average molecular weight is 380 g/mol. The number of hydrogen-bond donors (Lipinski definition) is 1. The maximum Gasteiger partial charge on any atom is 0.268 e. The predicted octanol–water partition coefficient (Wildman–Crippen LogP) is 4.19. The molecule has 0 amide bonds. The number of hydrogen-bond acceptors (Lipinski definition) is 5. The highest BCUT2D eigenvalue weighted by Crippen LogP contribution is 2.38. The minimum atomic E-state index is -0.0375. The third kappa shape index (κ3) is 2.70. The van der Waals surface area contributed by atoms with E-state index < -0.39 is 0 Å². The van der Waals surface area contributed by atoms with E-state index in [1.54, 1.807) is 0 Å². The zero-order valence-electron chi connectivity index (χ0n) is 14.0. The molecule has 1 aliphatic rings. The zero-order chi connectivity index (χ0) is 17.5. The minimum Gasteiger partial charge on any atom is -0.308 e. The van der Waals surface area contributed by atoms with Crippen molar-refractivity contribution in [3.63, 3.8) is 0 Å². The molecule has 1 atom stereocenters. The number of aromatic nitrogens is 2. The van der Waals surface area contributed by atoms with Gasteiger partial charge in [-0.3, -0.25) is 9.69 Å². The number of H-pyrrole nitrogens is 1. The highest BCUT2D eigenvalue weighted by atomic mass is 32.1. The summed E-state index contributed by atoms with van der Waals surface area (Å²) < 4.78 is 0.701. The van der Waals surface area contributed by atoms with Crippen LogP contribution in [0, 0.1) is 0 Å². The van der Waals surface area contributed by atoms with Gasteiger partial charge < -0.3 is 4.98 Å². The van der Waals surface area contributed by atoms with Gasteiger partial charge in [-0.2, -0.15) is 0 Å². The van der Waals surface area contributed by atoms with Crippen LogP contribution in [0.5, 0.6) is 0 Å². The second-order valence-corrected chi connectivity index (χ2v) is 8.40. The Kier molecular flexibility index (Phi) is 3.96. The van der Waals surface area contributed by atoms with Crippen LogP contribution < -0.4 is 5.56 Å². The van der Waals surface area contributed by atoms with Crippen LogP contribution in [0.25, 0.3) is 10.2 Å². The molecule has 6 heteroatoms. The monoisotopic (exact) mass is 379 g/mol. The predicted molar refractivity (Wildman–Crippen MR) is 107 cm³/mol. The van der Waals surface area contributed by atoms with E-state index >= 15 is 0 Å². The van der Waals surface area contributed by atoms with Gasteiger partial charge in [0.05, 0.1) is 18.1 Å². The van der Waals surface area contributed by atoms with Crippen molar-refractivity contribution in [1.82, 2.24) is 14.9 Å². The molecule has 1 aromatic carbocycles. The van der Waals surface area contributed by atoms with Gasteiger partial charge >= 0.3 is 0 Å². The van der Waals surface area contributed by atoms with E-state index in [4.69, 9.17) is 0 Å². The van der Waals surface area contributed by atoms with E-state index in [0.29, 0.717) is 11.2 Å². The first-order valence-corrected chi connectivity index (χ1v) is 10.4. The number of nitrogens with zero attached hydrogens (tertiary/aromatic N) is 2. The number of aromatic amines is 1. The van der Waals surface area contributed by atoms with Crippen LogP contribution in [-0.2, 0) is 13.0 Å². The Morgan fingerprint density at radius 3 is 2.85 bits per heavy atom. The second-order valence-electron chi connectivity index (χ2n) is 6.48. The fraction of sp³-hybridized carbons (Fsp3) is 0.200. The van der Waals surface area contributed by atoms with Gasteiger partial charge in [0.1, 0.15) is 10.5 Å². The summed E-state index contributed by atoms with van der Waals surface area (Å²) in [5.74, 6) is 0.737. The highest BCUT2D eigenvalue weighted by molar-refractivity contribution is 7.17. The van der Waals surface area contributed by atoms with Crippen LogP contribution in [-0.4, -0.2) is 21.4 Å². The smallest absolute Gasteiger partial charge is 0.268 e. The first kappa shape index (κ1) is 15.9. The molecule has 0 unspecified atom stereocenters. The lowest BCUT2D eigenvalue weighted by molar-refractivity contribution is 0.201. The van der Waals surface area contributed by atoms with Gasteiger partial charge in [-0.15, -0.1) is 22.7 Å². The van der Waals surface area contributed by atoms with Gasteiger partial charge in [-0.1, -0.05) is 30.3 Å². The number of benzene rings is 1. The van der Waals surface area contributed by atoms with Crippen LogP contribution in [0.15, 0.2) is 58.0 Å². The van der Waals surface area contributed by atoms with Gasteiger partial charge in [-0.25, -0.2) is 4.98 Å². The SMILES string of the molecule is O=c1[nH]c(CN2CCc3sccc3[C@@H]2c2ccccc2)nc2ccsc12. The summed E-state index contributed by atoms with van der Waals surface area (Å²) in [6, 6.07) is 15.0. The Bertz CT molecular complexity index is 1110. The van der Waals surface area contributed by atoms with Gasteiger partial charge in [0.15, 0.2) is 0 Å². The van der Waals surface area contributed by atoms with Crippen LogP contribution in [0.1, 0.15) is 27.9 Å². The summed E-state index contributed by atoms with van der Waals surface area (Å²) in [6.45, 7) is 1.59. The van der Waals surface area contributed by atoms with E-state index in [0.717, 1.165) is 24.3 Å². The summed E-state index contributed by atoms with van der Waals surface area (Å²) in [4.78, 5) is 23.8. The molecule has 0 fully saturated rings. The number of nitrogens with one attached hydrogen (secondary N) is 1. The zero-order valence-corrected chi connectivity index (χ0v) is 15.6. The van der Waals surface area contributed by atoms with Crippen LogP contribution in [0.4, 0.5) is 0 Å². The maximum atomic E-state index is 12.3. The molecule has 4 heterocycles. The lowest BCUT2D eigenvalue weighted by Gasteiger charge is -2.35. The molecule has 5 rings (SSSR count). The fourth-order valence-electron chi connectivity index (χ4n) is 3.75. The molecule has 0 aliphatic carbocycles. The summed E-state index contributed by atoms with van der Waals surface area (Å²) in [5.41, 5.74) is 3.42. The molecule has 0 saturated heterocycles. The molecule has 0 radical (unpaired) electrons. The Balaban J connectivity index is 1.55. The van der Waals surface area contributed by atoms with Crippen molar-refractivity contribution < 1.29 is 0 Å². The molecule has 0 bridgehead atoms. The second kappa shape index (κ2) is 6.46. The molecular formula is C20H17N3OS2. The Labute approximate surface area is 158 Å². The molecule has 1 N–H and O–H groups in total. The topological polar surface area (TPSA) is 49.0 Å². The average Bonchev–Trinajstić information content (AvgIpc) is 3.31. The van der Waals surface area contributed by atoms with Gasteiger partial charge in [0.25, 0.3) is 5.56 Å². The molecule has 4 aromatic rings. The molecule has 1 aliphatic heterocycles. The summed E-state index contributed by atoms with van der Waals surface area (Å²) in [5, 5.41) is 4.10. The van der Waals surface area contributed by atoms with Crippen molar-refractivity contribution in [3.8, 4) is 0 Å². The molecular weight excluding hydrogens is 362 g/mol. The van der Waals surface area contributed by atoms with Crippen molar-refractivity contribution in [2.75, 3.05) is 6.54 Å². The van der Waals surface area contributed by atoms with E-state index in [1.165, 1.54) is 27.3 Å². The lowest BCUT2D eigenvalue weighted by Crippen LogP contribution is -2.35. The standard InChI is InChI=1S/C20H17N3OS2/c24-20-19-15(8-11-26-19)21-17(22-20)12-23-9-6-16-14(7-10-25-16)18(23)13-4-2-1-3-5-13/h1-5,7-8,10-11,18H,6,9,12H2,(H,21,22,24)/t18-/m0/s1. The lowest BCUT2D eigenvalue weighted by atomic mass is 9.93.